The second kappa shape index (κ2) is 10.9. The highest BCUT2D eigenvalue weighted by atomic mass is 35.5. The van der Waals surface area contributed by atoms with Crippen molar-refractivity contribution < 1.29 is 19.5 Å². The summed E-state index contributed by atoms with van der Waals surface area (Å²) in [6.07, 6.45) is 1.57. The van der Waals surface area contributed by atoms with Crippen molar-refractivity contribution in [1.29, 1.82) is 0 Å². The van der Waals surface area contributed by atoms with Crippen LogP contribution in [-0.2, 0) is 16.0 Å². The van der Waals surface area contributed by atoms with Crippen LogP contribution in [0.4, 0.5) is 0 Å². The predicted molar refractivity (Wildman–Crippen MR) is 123 cm³/mol. The number of benzene rings is 3. The van der Waals surface area contributed by atoms with Gasteiger partial charge < -0.3 is 15.7 Å². The second-order valence-electron chi connectivity index (χ2n) is 6.98. The summed E-state index contributed by atoms with van der Waals surface area (Å²) in [5, 5.41) is 15.2. The number of halogens is 1. The number of hydrogen-bond acceptors (Lipinski definition) is 3. The zero-order valence-corrected chi connectivity index (χ0v) is 17.8. The third kappa shape index (κ3) is 6.55. The molecule has 0 saturated heterocycles. The summed E-state index contributed by atoms with van der Waals surface area (Å²) in [6, 6.07) is 22.9. The average molecular weight is 449 g/mol. The maximum atomic E-state index is 13.0. The average Bonchev–Trinajstić information content (AvgIpc) is 2.80. The molecule has 162 valence electrons. The van der Waals surface area contributed by atoms with Crippen LogP contribution in [0.25, 0.3) is 6.08 Å². The molecule has 1 atom stereocenters. The minimum Gasteiger partial charge on any atom is -0.480 e. The molecule has 2 amide bonds. The topological polar surface area (TPSA) is 95.5 Å². The van der Waals surface area contributed by atoms with E-state index in [1.807, 2.05) is 6.07 Å². The van der Waals surface area contributed by atoms with E-state index in [0.29, 0.717) is 16.1 Å². The number of nitrogens with one attached hydrogen (secondary N) is 2. The number of carboxylic acid groups (broad SMARTS) is 1. The second-order valence-corrected chi connectivity index (χ2v) is 7.42. The molecule has 0 bridgehead atoms. The Bertz CT molecular complexity index is 1110. The summed E-state index contributed by atoms with van der Waals surface area (Å²) in [4.78, 5) is 37.4. The van der Waals surface area contributed by atoms with Gasteiger partial charge in [-0.1, -0.05) is 72.3 Å². The molecule has 3 N–H and O–H groups in total. The summed E-state index contributed by atoms with van der Waals surface area (Å²) in [7, 11) is 0. The summed E-state index contributed by atoms with van der Waals surface area (Å²) in [5.74, 6) is -2.38. The van der Waals surface area contributed by atoms with Crippen LogP contribution in [0, 0.1) is 0 Å². The largest absolute Gasteiger partial charge is 0.480 e. The lowest BCUT2D eigenvalue weighted by Gasteiger charge is -2.17. The standard InChI is InChI=1S/C25H21ClN2O4/c26-20-13-11-18(12-14-20)15-21(27-23(29)19-9-5-2-6-10-19)24(30)28-22(25(31)32)16-17-7-3-1-4-8-17/h1-15,22H,16H2,(H,27,29)(H,28,30)(H,31,32)/b21-15-/t22-/m1/s1. The highest BCUT2D eigenvalue weighted by Crippen LogP contribution is 2.13. The van der Waals surface area contributed by atoms with Gasteiger partial charge in [0.25, 0.3) is 11.8 Å². The molecule has 3 aromatic carbocycles. The van der Waals surface area contributed by atoms with Crippen LogP contribution in [0.2, 0.25) is 5.02 Å². The first-order chi connectivity index (χ1) is 15.4. The van der Waals surface area contributed by atoms with Crippen molar-refractivity contribution >= 4 is 35.5 Å². The zero-order valence-electron chi connectivity index (χ0n) is 17.0. The highest BCUT2D eigenvalue weighted by molar-refractivity contribution is 6.30. The van der Waals surface area contributed by atoms with Crippen molar-refractivity contribution in [1.82, 2.24) is 10.6 Å². The van der Waals surface area contributed by atoms with Crippen LogP contribution in [0.15, 0.2) is 90.6 Å². The number of aliphatic carboxylic acids is 1. The fourth-order valence-corrected chi connectivity index (χ4v) is 3.08. The lowest BCUT2D eigenvalue weighted by atomic mass is 10.1. The predicted octanol–water partition coefficient (Wildman–Crippen LogP) is 3.92. The maximum absolute atomic E-state index is 13.0. The Morgan fingerprint density at radius 3 is 2.06 bits per heavy atom. The number of hydrogen-bond donors (Lipinski definition) is 3. The molecule has 0 aromatic heterocycles. The monoisotopic (exact) mass is 448 g/mol. The first-order valence-corrected chi connectivity index (χ1v) is 10.2. The van der Waals surface area contributed by atoms with E-state index in [9.17, 15) is 19.5 Å². The normalized spacial score (nSPS) is 12.0. The van der Waals surface area contributed by atoms with E-state index in [-0.39, 0.29) is 12.1 Å². The van der Waals surface area contributed by atoms with Crippen molar-refractivity contribution in [2.24, 2.45) is 0 Å². The lowest BCUT2D eigenvalue weighted by Crippen LogP contribution is -2.45. The van der Waals surface area contributed by atoms with Crippen molar-refractivity contribution in [3.8, 4) is 0 Å². The smallest absolute Gasteiger partial charge is 0.326 e. The SMILES string of the molecule is O=C(N[C@H](Cc1ccccc1)C(=O)O)/C(=C/c1ccc(Cl)cc1)NC(=O)c1ccccc1. The molecule has 0 spiro atoms. The molecule has 0 aliphatic carbocycles. The minimum atomic E-state index is -1.18. The molecule has 0 fully saturated rings. The van der Waals surface area contributed by atoms with Crippen LogP contribution < -0.4 is 10.6 Å². The Morgan fingerprint density at radius 2 is 1.47 bits per heavy atom. The van der Waals surface area contributed by atoms with E-state index in [1.165, 1.54) is 6.08 Å². The van der Waals surface area contributed by atoms with Crippen LogP contribution in [0.1, 0.15) is 21.5 Å². The first-order valence-electron chi connectivity index (χ1n) is 9.83. The van der Waals surface area contributed by atoms with Crippen molar-refractivity contribution in [3.63, 3.8) is 0 Å². The van der Waals surface area contributed by atoms with E-state index in [2.05, 4.69) is 10.6 Å². The van der Waals surface area contributed by atoms with Crippen LogP contribution in [-0.4, -0.2) is 28.9 Å². The molecular formula is C25H21ClN2O4. The third-order valence-electron chi connectivity index (χ3n) is 4.60. The van der Waals surface area contributed by atoms with Crippen LogP contribution >= 0.6 is 11.6 Å². The maximum Gasteiger partial charge on any atom is 0.326 e. The minimum absolute atomic E-state index is 0.0829. The van der Waals surface area contributed by atoms with Gasteiger partial charge >= 0.3 is 5.97 Å². The highest BCUT2D eigenvalue weighted by Gasteiger charge is 2.23. The summed E-state index contributed by atoms with van der Waals surface area (Å²) in [6.45, 7) is 0. The number of amides is 2. The fourth-order valence-electron chi connectivity index (χ4n) is 2.95. The van der Waals surface area contributed by atoms with Crippen molar-refractivity contribution in [2.75, 3.05) is 0 Å². The fraction of sp³-hybridized carbons (Fsp3) is 0.0800. The third-order valence-corrected chi connectivity index (χ3v) is 4.85. The molecule has 0 aliphatic heterocycles. The van der Waals surface area contributed by atoms with E-state index in [4.69, 9.17) is 11.6 Å². The van der Waals surface area contributed by atoms with E-state index in [0.717, 1.165) is 5.56 Å². The van der Waals surface area contributed by atoms with Crippen LogP contribution in [0.3, 0.4) is 0 Å². The number of carbonyl (C=O) groups excluding carboxylic acids is 2. The Labute approximate surface area is 190 Å². The molecule has 6 nitrogen and oxygen atoms in total. The summed E-state index contributed by atoms with van der Waals surface area (Å²) < 4.78 is 0. The van der Waals surface area contributed by atoms with E-state index < -0.39 is 23.8 Å². The Balaban J connectivity index is 1.85. The van der Waals surface area contributed by atoms with Gasteiger partial charge in [-0.25, -0.2) is 4.79 Å². The molecule has 0 radical (unpaired) electrons. The number of carboxylic acids is 1. The molecule has 3 aromatic rings. The molecule has 32 heavy (non-hydrogen) atoms. The quantitative estimate of drug-likeness (QED) is 0.455. The molecule has 0 aliphatic rings. The number of rotatable bonds is 8. The van der Waals surface area contributed by atoms with Crippen molar-refractivity contribution in [2.45, 2.75) is 12.5 Å². The molecule has 0 saturated carbocycles. The van der Waals surface area contributed by atoms with Gasteiger partial charge in [0.15, 0.2) is 0 Å². The zero-order chi connectivity index (χ0) is 22.9. The summed E-state index contributed by atoms with van der Waals surface area (Å²) in [5.41, 5.74) is 1.65. The molecule has 3 rings (SSSR count). The van der Waals surface area contributed by atoms with Gasteiger partial charge in [0.2, 0.25) is 0 Å². The van der Waals surface area contributed by atoms with Gasteiger partial charge in [-0.2, -0.15) is 0 Å². The van der Waals surface area contributed by atoms with Crippen LogP contribution in [0.5, 0.6) is 0 Å². The van der Waals surface area contributed by atoms with Gasteiger partial charge in [-0.15, -0.1) is 0 Å². The molecular weight excluding hydrogens is 428 g/mol. The lowest BCUT2D eigenvalue weighted by molar-refractivity contribution is -0.141. The molecule has 0 heterocycles. The molecule has 7 heteroatoms. The van der Waals surface area contributed by atoms with Crippen molar-refractivity contribution in [3.05, 3.63) is 112 Å². The van der Waals surface area contributed by atoms with Gasteiger partial charge in [0.1, 0.15) is 11.7 Å². The molecule has 0 unspecified atom stereocenters. The number of carbonyl (C=O) groups is 3. The first kappa shape index (κ1) is 22.8. The summed E-state index contributed by atoms with van der Waals surface area (Å²) >= 11 is 5.92. The Kier molecular flexibility index (Phi) is 7.78. The Morgan fingerprint density at radius 1 is 0.875 bits per heavy atom. The van der Waals surface area contributed by atoms with Gasteiger partial charge in [0.05, 0.1) is 0 Å². The van der Waals surface area contributed by atoms with Gasteiger partial charge in [0, 0.05) is 17.0 Å². The van der Waals surface area contributed by atoms with Gasteiger partial charge in [-0.05, 0) is 41.5 Å². The van der Waals surface area contributed by atoms with Gasteiger partial charge in [-0.3, -0.25) is 9.59 Å². The van der Waals surface area contributed by atoms with E-state index in [1.54, 1.807) is 78.9 Å². The Hall–Kier alpha value is -3.90. The van der Waals surface area contributed by atoms with E-state index >= 15 is 0 Å².